The van der Waals surface area contributed by atoms with E-state index in [-0.39, 0.29) is 13.1 Å². The molecular formula is C22H26F3N3O6. The summed E-state index contributed by atoms with van der Waals surface area (Å²) in [5, 5.41) is 9.39. The predicted octanol–water partition coefficient (Wildman–Crippen LogP) is 3.79. The number of hydrogen-bond acceptors (Lipinski definition) is 7. The Morgan fingerprint density at radius 3 is 2.41 bits per heavy atom. The van der Waals surface area contributed by atoms with E-state index in [0.29, 0.717) is 36.8 Å². The second kappa shape index (κ2) is 9.92. The summed E-state index contributed by atoms with van der Waals surface area (Å²) < 4.78 is 53.5. The lowest BCUT2D eigenvalue weighted by Crippen LogP contribution is -2.49. The molecule has 0 aliphatic carbocycles. The summed E-state index contributed by atoms with van der Waals surface area (Å²) in [6, 6.07) is 5.18. The van der Waals surface area contributed by atoms with Gasteiger partial charge in [-0.3, -0.25) is 4.90 Å². The minimum atomic E-state index is -4.61. The summed E-state index contributed by atoms with van der Waals surface area (Å²) in [4.78, 5) is 30.9. The van der Waals surface area contributed by atoms with Gasteiger partial charge in [0.25, 0.3) is 0 Å². The summed E-state index contributed by atoms with van der Waals surface area (Å²) in [5.74, 6) is -0.467. The Balaban J connectivity index is 1.68. The zero-order valence-electron chi connectivity index (χ0n) is 19.0. The number of benzene rings is 1. The fourth-order valence-corrected chi connectivity index (χ4v) is 3.28. The molecular weight excluding hydrogens is 459 g/mol. The molecule has 1 saturated heterocycles. The van der Waals surface area contributed by atoms with Crippen molar-refractivity contribution < 1.29 is 41.8 Å². The Kier molecular flexibility index (Phi) is 7.39. The highest BCUT2D eigenvalue weighted by Crippen LogP contribution is 2.29. The molecule has 1 atom stereocenters. The van der Waals surface area contributed by atoms with Crippen LogP contribution in [0.2, 0.25) is 0 Å². The first-order chi connectivity index (χ1) is 15.8. The lowest BCUT2D eigenvalue weighted by molar-refractivity contribution is -0.200. The van der Waals surface area contributed by atoms with E-state index >= 15 is 0 Å². The number of hydrogen-bond donors (Lipinski definition) is 1. The molecule has 12 heteroatoms. The van der Waals surface area contributed by atoms with Gasteiger partial charge in [-0.15, -0.1) is 0 Å². The summed E-state index contributed by atoms with van der Waals surface area (Å²) in [5.41, 5.74) is -0.0814. The fraction of sp³-hybridized carbons (Fsp3) is 0.500. The van der Waals surface area contributed by atoms with Crippen LogP contribution >= 0.6 is 0 Å². The number of carboxylic acid groups (broad SMARTS) is 1. The van der Waals surface area contributed by atoms with E-state index in [0.717, 1.165) is 12.5 Å². The number of carbonyl (C=O) groups excluding carboxylic acids is 1. The van der Waals surface area contributed by atoms with Crippen LogP contribution in [0.3, 0.4) is 0 Å². The first kappa shape index (κ1) is 25.3. The summed E-state index contributed by atoms with van der Waals surface area (Å²) in [6.45, 7) is 5.33. The molecule has 0 radical (unpaired) electrons. The van der Waals surface area contributed by atoms with E-state index in [4.69, 9.17) is 9.15 Å². The lowest BCUT2D eigenvalue weighted by Gasteiger charge is -2.34. The van der Waals surface area contributed by atoms with Crippen molar-refractivity contribution in [2.45, 2.75) is 45.2 Å². The molecule has 1 aliphatic rings. The molecule has 1 aromatic carbocycles. The maximum Gasteiger partial charge on any atom is 0.425 e. The Morgan fingerprint density at radius 2 is 1.85 bits per heavy atom. The largest absolute Gasteiger partial charge is 0.478 e. The van der Waals surface area contributed by atoms with Crippen molar-refractivity contribution >= 4 is 12.1 Å². The quantitative estimate of drug-likeness (QED) is 0.632. The first-order valence-electron chi connectivity index (χ1n) is 10.6. The average Bonchev–Trinajstić information content (AvgIpc) is 3.28. The molecule has 34 heavy (non-hydrogen) atoms. The van der Waals surface area contributed by atoms with Gasteiger partial charge < -0.3 is 23.9 Å². The number of alkyl halides is 3. The zero-order valence-corrected chi connectivity index (χ0v) is 19.0. The first-order valence-corrected chi connectivity index (χ1v) is 10.6. The van der Waals surface area contributed by atoms with Gasteiger partial charge in [0.15, 0.2) is 11.7 Å². The zero-order chi connectivity index (χ0) is 25.1. The Labute approximate surface area is 194 Å². The number of amides is 1. The van der Waals surface area contributed by atoms with E-state index in [1.165, 1.54) is 31.2 Å². The van der Waals surface area contributed by atoms with Gasteiger partial charge >= 0.3 is 18.2 Å². The molecule has 0 saturated carbocycles. The number of carbonyl (C=O) groups is 2. The molecule has 0 spiro atoms. The van der Waals surface area contributed by atoms with Crippen LogP contribution in [0.1, 0.15) is 26.3 Å². The number of aliphatic carboxylic acids is 1. The molecule has 0 bridgehead atoms. The number of rotatable bonds is 7. The van der Waals surface area contributed by atoms with E-state index in [1.807, 2.05) is 11.0 Å². The minimum absolute atomic E-state index is 0.207. The van der Waals surface area contributed by atoms with E-state index in [9.17, 15) is 27.9 Å². The molecule has 1 amide bonds. The lowest BCUT2D eigenvalue weighted by atomic mass is 10.1. The average molecular weight is 485 g/mol. The molecule has 1 aromatic heterocycles. The topological polar surface area (TPSA) is 105 Å². The van der Waals surface area contributed by atoms with Gasteiger partial charge in [0, 0.05) is 38.3 Å². The van der Waals surface area contributed by atoms with Crippen LogP contribution in [0.5, 0.6) is 5.75 Å². The number of ether oxygens (including phenoxy) is 2. The van der Waals surface area contributed by atoms with E-state index in [1.54, 1.807) is 12.1 Å². The van der Waals surface area contributed by atoms with E-state index < -0.39 is 29.9 Å². The van der Waals surface area contributed by atoms with Crippen LogP contribution in [0.25, 0.3) is 11.5 Å². The maximum absolute atomic E-state index is 12.6. The third-order valence-electron chi connectivity index (χ3n) is 5.31. The number of carboxylic acids is 1. The van der Waals surface area contributed by atoms with Gasteiger partial charge in [0.05, 0.1) is 6.20 Å². The number of aromatic nitrogens is 1. The molecule has 3 rings (SSSR count). The van der Waals surface area contributed by atoms with Crippen LogP contribution in [-0.4, -0.2) is 76.0 Å². The second-order valence-corrected chi connectivity index (χ2v) is 8.45. The molecule has 2 aromatic rings. The second-order valence-electron chi connectivity index (χ2n) is 8.45. The van der Waals surface area contributed by atoms with Crippen molar-refractivity contribution in [3.05, 3.63) is 36.2 Å². The predicted molar refractivity (Wildman–Crippen MR) is 113 cm³/mol. The van der Waals surface area contributed by atoms with Crippen LogP contribution in [0, 0.1) is 0 Å². The van der Waals surface area contributed by atoms with Crippen LogP contribution in [-0.2, 0) is 16.1 Å². The molecule has 1 N–H and O–H groups in total. The van der Waals surface area contributed by atoms with Gasteiger partial charge in [-0.1, -0.05) is 0 Å². The minimum Gasteiger partial charge on any atom is -0.478 e. The SMILES string of the molecule is CC(OC(=O)N1CCN(Cc2cc(OC(C)(C)C(=O)O)cc(-c3ncco3)c2)CC1)C(F)(F)F. The Morgan fingerprint density at radius 1 is 1.18 bits per heavy atom. The van der Waals surface area contributed by atoms with Gasteiger partial charge in [-0.05, 0) is 44.5 Å². The summed E-state index contributed by atoms with van der Waals surface area (Å²) >= 11 is 0. The van der Waals surface area contributed by atoms with Crippen molar-refractivity contribution in [3.63, 3.8) is 0 Å². The highest BCUT2D eigenvalue weighted by molar-refractivity contribution is 5.77. The van der Waals surface area contributed by atoms with Crippen LogP contribution in [0.4, 0.5) is 18.0 Å². The molecule has 1 unspecified atom stereocenters. The molecule has 1 fully saturated rings. The smallest absolute Gasteiger partial charge is 0.425 e. The van der Waals surface area contributed by atoms with Crippen molar-refractivity contribution in [3.8, 4) is 17.2 Å². The van der Waals surface area contributed by atoms with Gasteiger partial charge in [-0.2, -0.15) is 13.2 Å². The Hall–Kier alpha value is -3.28. The summed E-state index contributed by atoms with van der Waals surface area (Å²) in [6.07, 6.45) is -4.88. The third kappa shape index (κ3) is 6.40. The van der Waals surface area contributed by atoms with Crippen LogP contribution in [0.15, 0.2) is 35.1 Å². The van der Waals surface area contributed by atoms with Crippen molar-refractivity contribution in [1.82, 2.24) is 14.8 Å². The molecule has 2 heterocycles. The number of piperazine rings is 1. The molecule has 9 nitrogen and oxygen atoms in total. The number of nitrogens with zero attached hydrogens (tertiary/aromatic N) is 3. The normalized spacial score (nSPS) is 16.2. The maximum atomic E-state index is 12.6. The van der Waals surface area contributed by atoms with Crippen molar-refractivity contribution in [1.29, 1.82) is 0 Å². The number of halogens is 3. The van der Waals surface area contributed by atoms with E-state index in [2.05, 4.69) is 9.72 Å². The van der Waals surface area contributed by atoms with Crippen molar-refractivity contribution in [2.24, 2.45) is 0 Å². The molecule has 1 aliphatic heterocycles. The highest BCUT2D eigenvalue weighted by atomic mass is 19.4. The summed E-state index contributed by atoms with van der Waals surface area (Å²) in [7, 11) is 0. The van der Waals surface area contributed by atoms with Crippen molar-refractivity contribution in [2.75, 3.05) is 26.2 Å². The standard InChI is InChI=1S/C22H26F3N3O6/c1-14(22(23,24)25)33-20(31)28-7-5-27(6-8-28)13-15-10-16(18-26-4-9-32-18)12-17(11-15)34-21(2,3)19(29)30/h4,9-12,14H,5-8,13H2,1-3H3,(H,29,30). The Bertz CT molecular complexity index is 1000. The van der Waals surface area contributed by atoms with Gasteiger partial charge in [0.1, 0.15) is 12.0 Å². The van der Waals surface area contributed by atoms with Crippen LogP contribution < -0.4 is 4.74 Å². The van der Waals surface area contributed by atoms with Gasteiger partial charge in [-0.25, -0.2) is 14.6 Å². The molecule has 186 valence electrons. The van der Waals surface area contributed by atoms with Gasteiger partial charge in [0.2, 0.25) is 5.89 Å². The third-order valence-corrected chi connectivity index (χ3v) is 5.31. The highest BCUT2D eigenvalue weighted by Gasteiger charge is 2.40. The number of oxazole rings is 1. The fourth-order valence-electron chi connectivity index (χ4n) is 3.28. The monoisotopic (exact) mass is 485 g/mol.